The van der Waals surface area contributed by atoms with Crippen molar-refractivity contribution in [3.8, 4) is 28.2 Å². The Morgan fingerprint density at radius 1 is 0.476 bits per heavy atom. The minimum absolute atomic E-state index is 1.07. The van der Waals surface area contributed by atoms with Crippen molar-refractivity contribution in [3.05, 3.63) is 176 Å². The first-order valence-electron chi connectivity index (χ1n) is 14.4. The van der Waals surface area contributed by atoms with Gasteiger partial charge in [-0.15, -0.1) is 0 Å². The lowest BCUT2D eigenvalue weighted by atomic mass is 10.1. The van der Waals surface area contributed by atoms with Crippen LogP contribution in [0.5, 0.6) is 0 Å². The molecule has 5 aromatic carbocycles. The van der Waals surface area contributed by atoms with Crippen LogP contribution in [-0.4, -0.2) is 12.6 Å². The highest BCUT2D eigenvalue weighted by molar-refractivity contribution is 7.20. The Morgan fingerprint density at radius 3 is 1.38 bits per heavy atom. The van der Waals surface area contributed by atoms with Crippen molar-refractivity contribution >= 4 is 28.8 Å². The third kappa shape index (κ3) is 4.18. The van der Waals surface area contributed by atoms with E-state index < -0.39 is 8.07 Å². The highest BCUT2D eigenvalue weighted by Gasteiger charge is 2.46. The van der Waals surface area contributed by atoms with Crippen LogP contribution < -0.4 is 20.7 Å². The van der Waals surface area contributed by atoms with Gasteiger partial charge in [0.05, 0.1) is 23.9 Å². The highest BCUT2D eigenvalue weighted by atomic mass is 28.3. The predicted octanol–water partition coefficient (Wildman–Crippen LogP) is 7.09. The zero-order chi connectivity index (χ0) is 28.4. The Hall–Kier alpha value is -5.12. The fourth-order valence-electron chi connectivity index (χ4n) is 6.59. The van der Waals surface area contributed by atoms with E-state index in [4.69, 9.17) is 4.42 Å². The summed E-state index contributed by atoms with van der Waals surface area (Å²) in [6.45, 7) is 2.32. The largest absolute Gasteiger partial charge is 0.472 e. The van der Waals surface area contributed by atoms with E-state index in [0.29, 0.717) is 0 Å². The first kappa shape index (κ1) is 25.8. The fourth-order valence-corrected chi connectivity index (χ4v) is 11.8. The third-order valence-electron chi connectivity index (χ3n) is 8.27. The summed E-state index contributed by atoms with van der Waals surface area (Å²) in [5, 5.41) is 5.41. The van der Waals surface area contributed by atoms with Gasteiger partial charge in [-0.05, 0) is 57.0 Å². The number of furan rings is 1. The minimum Gasteiger partial charge on any atom is -0.472 e. The van der Waals surface area contributed by atoms with Crippen molar-refractivity contribution in [2.24, 2.45) is 0 Å². The topological polar surface area (TPSA) is 18.1 Å². The van der Waals surface area contributed by atoms with Crippen LogP contribution in [0.1, 0.15) is 5.56 Å². The second kappa shape index (κ2) is 11.0. The molecule has 0 amide bonds. The Labute approximate surface area is 248 Å². The molecule has 2 nitrogen and oxygen atoms in total. The molecular formula is C39H31NOSi. The SMILES string of the molecule is Cc1c([Si](c2ccccc2)(c2ccccc2)c2ccccc2)c(-c2ccoc2)n(-c2ccccc2)c1-c1ccccc1. The molecule has 0 spiro atoms. The van der Waals surface area contributed by atoms with Crippen LogP contribution >= 0.6 is 0 Å². The summed E-state index contributed by atoms with van der Waals surface area (Å²) in [4.78, 5) is 0. The van der Waals surface area contributed by atoms with Gasteiger partial charge < -0.3 is 8.98 Å². The van der Waals surface area contributed by atoms with Crippen molar-refractivity contribution in [1.82, 2.24) is 4.57 Å². The van der Waals surface area contributed by atoms with E-state index in [-0.39, 0.29) is 0 Å². The average Bonchev–Trinajstić information content (AvgIpc) is 3.71. The first-order chi connectivity index (χ1) is 20.8. The van der Waals surface area contributed by atoms with Crippen LogP contribution in [0.25, 0.3) is 28.2 Å². The van der Waals surface area contributed by atoms with Crippen LogP contribution in [0.3, 0.4) is 0 Å². The van der Waals surface area contributed by atoms with Gasteiger partial charge in [-0.1, -0.05) is 140 Å². The molecule has 0 atom stereocenters. The minimum atomic E-state index is -2.88. The van der Waals surface area contributed by atoms with Crippen LogP contribution in [0.4, 0.5) is 0 Å². The van der Waals surface area contributed by atoms with E-state index >= 15 is 0 Å². The second-order valence-electron chi connectivity index (χ2n) is 10.6. The molecule has 0 unspecified atom stereocenters. The van der Waals surface area contributed by atoms with E-state index in [0.717, 1.165) is 11.3 Å². The van der Waals surface area contributed by atoms with E-state index in [9.17, 15) is 0 Å². The number of para-hydroxylation sites is 1. The Kier molecular flexibility index (Phi) is 6.79. The molecule has 0 aliphatic rings. The van der Waals surface area contributed by atoms with E-state index in [1.54, 1.807) is 6.26 Å². The number of rotatable bonds is 7. The normalized spacial score (nSPS) is 11.5. The van der Waals surface area contributed by atoms with Crippen LogP contribution in [0.15, 0.2) is 175 Å². The smallest absolute Gasteiger partial charge is 0.182 e. The molecule has 0 radical (unpaired) electrons. The summed E-state index contributed by atoms with van der Waals surface area (Å²) in [5.74, 6) is 0. The molecule has 2 aromatic heterocycles. The Morgan fingerprint density at radius 2 is 0.929 bits per heavy atom. The Bertz CT molecular complexity index is 1800. The average molecular weight is 558 g/mol. The van der Waals surface area contributed by atoms with Crippen LogP contribution in [0, 0.1) is 6.92 Å². The number of aromatic nitrogens is 1. The number of hydrogen-bond acceptors (Lipinski definition) is 1. The van der Waals surface area contributed by atoms with Crippen molar-refractivity contribution in [3.63, 3.8) is 0 Å². The number of hydrogen-bond donors (Lipinski definition) is 0. The van der Waals surface area contributed by atoms with E-state index in [1.807, 2.05) is 6.26 Å². The van der Waals surface area contributed by atoms with Crippen molar-refractivity contribution in [2.75, 3.05) is 0 Å². The van der Waals surface area contributed by atoms with E-state index in [2.05, 4.69) is 169 Å². The quantitative estimate of drug-likeness (QED) is 0.151. The highest BCUT2D eigenvalue weighted by Crippen LogP contribution is 2.36. The third-order valence-corrected chi connectivity index (χ3v) is 13.2. The summed E-state index contributed by atoms with van der Waals surface area (Å²) < 4.78 is 8.26. The van der Waals surface area contributed by atoms with Gasteiger partial charge in [0.25, 0.3) is 0 Å². The van der Waals surface area contributed by atoms with Crippen LogP contribution in [0.2, 0.25) is 0 Å². The predicted molar refractivity (Wildman–Crippen MR) is 177 cm³/mol. The van der Waals surface area contributed by atoms with Gasteiger partial charge >= 0.3 is 0 Å². The first-order valence-corrected chi connectivity index (χ1v) is 16.4. The van der Waals surface area contributed by atoms with Gasteiger partial charge in [0.1, 0.15) is 0 Å². The van der Waals surface area contributed by atoms with Crippen molar-refractivity contribution in [1.29, 1.82) is 0 Å². The van der Waals surface area contributed by atoms with Crippen molar-refractivity contribution < 1.29 is 4.42 Å². The molecule has 7 rings (SSSR count). The molecule has 0 aliphatic carbocycles. The van der Waals surface area contributed by atoms with Gasteiger partial charge in [-0.2, -0.15) is 0 Å². The van der Waals surface area contributed by atoms with Gasteiger partial charge in [0.2, 0.25) is 0 Å². The molecule has 42 heavy (non-hydrogen) atoms. The number of nitrogens with zero attached hydrogens (tertiary/aromatic N) is 1. The fraction of sp³-hybridized carbons (Fsp3) is 0.0256. The summed E-state index contributed by atoms with van der Waals surface area (Å²) in [7, 11) is -2.88. The molecule has 0 aliphatic heterocycles. The monoisotopic (exact) mass is 557 g/mol. The Balaban J connectivity index is 1.75. The molecular weight excluding hydrogens is 527 g/mol. The van der Waals surface area contributed by atoms with Gasteiger partial charge in [0, 0.05) is 11.3 Å². The molecule has 0 saturated carbocycles. The molecule has 0 saturated heterocycles. The zero-order valence-electron chi connectivity index (χ0n) is 23.5. The molecule has 7 aromatic rings. The van der Waals surface area contributed by atoms with E-state index in [1.165, 1.54) is 43.3 Å². The van der Waals surface area contributed by atoms with Gasteiger partial charge in [0.15, 0.2) is 8.07 Å². The van der Waals surface area contributed by atoms with Gasteiger partial charge in [-0.25, -0.2) is 0 Å². The number of benzene rings is 5. The van der Waals surface area contributed by atoms with Gasteiger partial charge in [-0.3, -0.25) is 0 Å². The molecule has 2 heterocycles. The molecule has 0 fully saturated rings. The molecule has 0 bridgehead atoms. The maximum Gasteiger partial charge on any atom is 0.182 e. The maximum atomic E-state index is 5.80. The molecule has 3 heteroatoms. The summed E-state index contributed by atoms with van der Waals surface area (Å²) in [6.07, 6.45) is 3.68. The lowest BCUT2D eigenvalue weighted by Crippen LogP contribution is -2.75. The summed E-state index contributed by atoms with van der Waals surface area (Å²) >= 11 is 0. The summed E-state index contributed by atoms with van der Waals surface area (Å²) in [5.41, 5.74) is 7.04. The lowest BCUT2D eigenvalue weighted by Gasteiger charge is -2.35. The zero-order valence-corrected chi connectivity index (χ0v) is 24.5. The molecule has 0 N–H and O–H groups in total. The van der Waals surface area contributed by atoms with Crippen LogP contribution in [-0.2, 0) is 0 Å². The summed E-state index contributed by atoms with van der Waals surface area (Å²) in [6, 6.07) is 57.0. The maximum absolute atomic E-state index is 5.80. The molecule has 202 valence electrons. The lowest BCUT2D eigenvalue weighted by molar-refractivity contribution is 0.568. The van der Waals surface area contributed by atoms with Crippen molar-refractivity contribution in [2.45, 2.75) is 6.92 Å². The second-order valence-corrected chi connectivity index (χ2v) is 14.3. The standard InChI is InChI=1S/C39H31NOSi/c1-30-37(31-17-7-2-8-18-31)40(33-19-9-3-10-20-33)38(32-27-28-41-29-32)39(30)42(34-21-11-4-12-22-34,35-23-13-5-14-24-35)36-25-15-6-16-26-36/h2-29H,1H3.